The molecule has 2 N–H and O–H groups in total. The lowest BCUT2D eigenvalue weighted by Crippen LogP contribution is -2.34. The van der Waals surface area contributed by atoms with E-state index < -0.39 is 25.2 Å². The van der Waals surface area contributed by atoms with Crippen LogP contribution in [0.15, 0.2) is 91.0 Å². The largest absolute Gasteiger partial charge is 0.481 e. The zero-order valence-corrected chi connectivity index (χ0v) is 15.4. The van der Waals surface area contributed by atoms with Crippen molar-refractivity contribution in [1.82, 2.24) is 0 Å². The van der Waals surface area contributed by atoms with Crippen molar-refractivity contribution in [3.8, 4) is 0 Å². The number of hydrogen-bond donors (Lipinski definition) is 2. The molecule has 0 radical (unpaired) electrons. The molecule has 4 nitrogen and oxygen atoms in total. The van der Waals surface area contributed by atoms with Crippen molar-refractivity contribution in [3.63, 3.8) is 0 Å². The molecule has 0 saturated carbocycles. The topological polar surface area (TPSA) is 74.6 Å². The first kappa shape index (κ1) is 18.7. The Balaban J connectivity index is 2.58. The fraction of sp³-hybridized carbons (Fsp3) is 0.0455. The number of hydrogen-bond acceptors (Lipinski definition) is 2. The van der Waals surface area contributed by atoms with Crippen molar-refractivity contribution in [2.75, 3.05) is 0 Å². The van der Waals surface area contributed by atoms with Gasteiger partial charge in [-0.15, -0.1) is 0 Å². The molecule has 0 aliphatic rings. The highest BCUT2D eigenvalue weighted by atomic mass is 31.2. The molecule has 3 rings (SSSR count). The van der Waals surface area contributed by atoms with Gasteiger partial charge in [-0.25, -0.2) is 4.79 Å². The van der Waals surface area contributed by atoms with E-state index in [1.54, 1.807) is 0 Å². The number of carboxylic acid groups (broad SMARTS) is 2. The minimum Gasteiger partial charge on any atom is -0.481 e. The average molecular weight is 378 g/mol. The standard InChI is InChI=1S/C22H19O4P/c23-21(24)16-20(22(25)26)27(17-10-4-1-5-11-17,18-12-6-2-7-13-18)19-14-8-3-9-15-19/h1-15H,16H2,(H,23,24)(H,25,26). The van der Waals surface area contributed by atoms with E-state index in [-0.39, 0.29) is 5.29 Å². The molecule has 0 unspecified atom stereocenters. The fourth-order valence-corrected chi connectivity index (χ4v) is 7.70. The Morgan fingerprint density at radius 1 is 0.630 bits per heavy atom. The Morgan fingerprint density at radius 3 is 1.22 bits per heavy atom. The summed E-state index contributed by atoms with van der Waals surface area (Å²) in [6.45, 7) is -2.84. The average Bonchev–Trinajstić information content (AvgIpc) is 2.70. The van der Waals surface area contributed by atoms with Crippen LogP contribution in [0, 0.1) is 0 Å². The predicted octanol–water partition coefficient (Wildman–Crippen LogP) is 2.71. The predicted molar refractivity (Wildman–Crippen MR) is 110 cm³/mol. The zero-order chi connectivity index (χ0) is 19.3. The molecule has 27 heavy (non-hydrogen) atoms. The summed E-state index contributed by atoms with van der Waals surface area (Å²) < 4.78 is 0. The first-order valence-corrected chi connectivity index (χ1v) is 10.2. The fourth-order valence-electron chi connectivity index (χ4n) is 3.35. The molecular weight excluding hydrogens is 359 g/mol. The molecule has 3 aromatic carbocycles. The van der Waals surface area contributed by atoms with E-state index in [0.29, 0.717) is 0 Å². The summed E-state index contributed by atoms with van der Waals surface area (Å²) in [6.07, 6.45) is -0.526. The van der Waals surface area contributed by atoms with Gasteiger partial charge in [0.1, 0.15) is 0 Å². The van der Waals surface area contributed by atoms with Crippen molar-refractivity contribution in [2.24, 2.45) is 0 Å². The number of rotatable bonds is 6. The van der Waals surface area contributed by atoms with Gasteiger partial charge in [-0.2, -0.15) is 0 Å². The van der Waals surface area contributed by atoms with Crippen LogP contribution < -0.4 is 15.9 Å². The molecule has 0 spiro atoms. The van der Waals surface area contributed by atoms with Gasteiger partial charge in [-0.1, -0.05) is 91.0 Å². The summed E-state index contributed by atoms with van der Waals surface area (Å²) in [4.78, 5) is 23.9. The van der Waals surface area contributed by atoms with Crippen LogP contribution in [0.3, 0.4) is 0 Å². The molecule has 0 saturated heterocycles. The van der Waals surface area contributed by atoms with E-state index >= 15 is 0 Å². The second-order valence-corrected chi connectivity index (χ2v) is 9.43. The molecule has 0 heterocycles. The van der Waals surface area contributed by atoms with Gasteiger partial charge >= 0.3 is 11.9 Å². The van der Waals surface area contributed by atoms with Crippen molar-refractivity contribution in [3.05, 3.63) is 91.0 Å². The van der Waals surface area contributed by atoms with Gasteiger partial charge in [0.15, 0.2) is 0 Å². The summed E-state index contributed by atoms with van der Waals surface area (Å²) in [6, 6.07) is 28.1. The van der Waals surface area contributed by atoms with Crippen LogP contribution in [0.2, 0.25) is 0 Å². The molecule has 0 aromatic heterocycles. The lowest BCUT2D eigenvalue weighted by atomic mass is 10.3. The summed E-state index contributed by atoms with van der Waals surface area (Å²) in [5, 5.41) is 22.0. The SMILES string of the molecule is O=C(O)CC(C(=O)O)=P(c1ccccc1)(c1ccccc1)c1ccccc1. The van der Waals surface area contributed by atoms with Crippen LogP contribution in [-0.2, 0) is 9.59 Å². The van der Waals surface area contributed by atoms with E-state index in [2.05, 4.69) is 0 Å². The van der Waals surface area contributed by atoms with Gasteiger partial charge in [0.25, 0.3) is 0 Å². The number of carboxylic acids is 2. The van der Waals surface area contributed by atoms with Crippen LogP contribution in [-0.4, -0.2) is 27.4 Å². The van der Waals surface area contributed by atoms with Gasteiger partial charge in [0.2, 0.25) is 0 Å². The summed E-state index contributed by atoms with van der Waals surface area (Å²) in [5.74, 6) is -2.33. The van der Waals surface area contributed by atoms with Crippen LogP contribution in [0.25, 0.3) is 0 Å². The number of carbonyl (C=O) groups is 2. The van der Waals surface area contributed by atoms with Crippen molar-refractivity contribution < 1.29 is 19.8 Å². The number of benzene rings is 3. The lowest BCUT2D eigenvalue weighted by Gasteiger charge is -2.31. The summed E-state index contributed by atoms with van der Waals surface area (Å²) in [7, 11) is 0. The first-order chi connectivity index (χ1) is 13.1. The van der Waals surface area contributed by atoms with E-state index in [1.165, 1.54) is 0 Å². The van der Waals surface area contributed by atoms with Gasteiger partial charge in [0, 0.05) is 0 Å². The van der Waals surface area contributed by atoms with Crippen molar-refractivity contribution >= 4 is 40.0 Å². The molecule has 0 amide bonds. The van der Waals surface area contributed by atoms with Crippen molar-refractivity contribution in [1.29, 1.82) is 0 Å². The summed E-state index contributed by atoms with van der Waals surface area (Å²) >= 11 is 0. The van der Waals surface area contributed by atoms with Gasteiger partial charge in [-0.3, -0.25) is 4.79 Å². The Bertz CT molecular complexity index is 893. The molecule has 0 aliphatic heterocycles. The normalized spacial score (nSPS) is 11.0. The molecule has 5 heteroatoms. The van der Waals surface area contributed by atoms with Gasteiger partial charge in [-0.05, 0) is 22.8 Å². The Labute approximate surface area is 157 Å². The second-order valence-electron chi connectivity index (χ2n) is 6.00. The minimum atomic E-state index is -2.84. The molecule has 3 aromatic rings. The molecule has 0 fully saturated rings. The van der Waals surface area contributed by atoms with Crippen molar-refractivity contribution in [2.45, 2.75) is 6.42 Å². The van der Waals surface area contributed by atoms with E-state index in [1.807, 2.05) is 91.0 Å². The monoisotopic (exact) mass is 378 g/mol. The second kappa shape index (κ2) is 8.07. The Hall–Kier alpha value is -3.10. The molecular formula is C22H19O4P. The third kappa shape index (κ3) is 3.57. The van der Waals surface area contributed by atoms with Crippen LogP contribution in [0.4, 0.5) is 0 Å². The van der Waals surface area contributed by atoms with E-state index in [4.69, 9.17) is 0 Å². The quantitative estimate of drug-likeness (QED) is 0.647. The Morgan fingerprint density at radius 2 is 0.963 bits per heavy atom. The maximum absolute atomic E-state index is 12.3. The highest BCUT2D eigenvalue weighted by Crippen LogP contribution is 2.46. The lowest BCUT2D eigenvalue weighted by molar-refractivity contribution is -0.137. The maximum Gasteiger partial charge on any atom is 0.333 e. The summed E-state index contributed by atoms with van der Waals surface area (Å²) in [5.41, 5.74) is 0. The third-order valence-corrected chi connectivity index (χ3v) is 8.78. The van der Waals surface area contributed by atoms with Crippen LogP contribution >= 0.6 is 6.89 Å². The zero-order valence-electron chi connectivity index (χ0n) is 14.5. The van der Waals surface area contributed by atoms with Crippen LogP contribution in [0.5, 0.6) is 0 Å². The maximum atomic E-state index is 12.3. The van der Waals surface area contributed by atoms with E-state index in [0.717, 1.165) is 15.9 Å². The first-order valence-electron chi connectivity index (χ1n) is 8.44. The van der Waals surface area contributed by atoms with Gasteiger partial charge in [0.05, 0.1) is 11.7 Å². The highest BCUT2D eigenvalue weighted by Gasteiger charge is 2.33. The van der Waals surface area contributed by atoms with E-state index in [9.17, 15) is 19.8 Å². The van der Waals surface area contributed by atoms with Gasteiger partial charge < -0.3 is 10.2 Å². The molecule has 136 valence electrons. The highest BCUT2D eigenvalue weighted by molar-refractivity contribution is 7.96. The molecule has 0 bridgehead atoms. The van der Waals surface area contributed by atoms with Crippen LogP contribution in [0.1, 0.15) is 6.42 Å². The number of aliphatic carboxylic acids is 2. The molecule has 0 aliphatic carbocycles. The Kier molecular flexibility index (Phi) is 5.58. The molecule has 0 atom stereocenters. The smallest absolute Gasteiger partial charge is 0.333 e. The third-order valence-electron chi connectivity index (χ3n) is 4.40. The minimum absolute atomic E-state index is 0.0126.